The molecule has 0 aliphatic rings. The summed E-state index contributed by atoms with van der Waals surface area (Å²) >= 11 is 0. The van der Waals surface area contributed by atoms with Crippen molar-refractivity contribution in [1.82, 2.24) is 10.6 Å². The Hall–Kier alpha value is -1.84. The topological polar surface area (TPSA) is 58.2 Å². The first-order chi connectivity index (χ1) is 7.24. The van der Waals surface area contributed by atoms with Gasteiger partial charge in [-0.3, -0.25) is 9.59 Å². The Balaban J connectivity index is 2.34. The maximum atomic E-state index is 11.5. The van der Waals surface area contributed by atoms with Crippen LogP contribution in [0.4, 0.5) is 0 Å². The van der Waals surface area contributed by atoms with E-state index in [0.29, 0.717) is 12.0 Å². The number of carbonyl (C=O) groups excluding carboxylic acids is 2. The zero-order valence-electron chi connectivity index (χ0n) is 8.62. The van der Waals surface area contributed by atoms with E-state index in [1.54, 1.807) is 31.2 Å². The smallest absolute Gasteiger partial charge is 0.252 e. The number of amides is 2. The van der Waals surface area contributed by atoms with Crippen molar-refractivity contribution in [3.05, 3.63) is 35.9 Å². The molecule has 0 radical (unpaired) electrons. The van der Waals surface area contributed by atoms with Crippen LogP contribution >= 0.6 is 0 Å². The standard InChI is InChI=1S/C11H14N2O2/c1-2-10(14)12-8-13-11(15)9-6-4-3-5-7-9/h3-7H,2,8H2,1H3,(H,12,14)(H,13,15). The molecule has 4 heteroatoms. The normalized spacial score (nSPS) is 9.40. The summed E-state index contributed by atoms with van der Waals surface area (Å²) in [6.45, 7) is 1.93. The van der Waals surface area contributed by atoms with Crippen LogP contribution in [0.1, 0.15) is 23.7 Å². The fourth-order valence-electron chi connectivity index (χ4n) is 1.04. The Morgan fingerprint density at radius 2 is 1.80 bits per heavy atom. The minimum absolute atomic E-state index is 0.0802. The van der Waals surface area contributed by atoms with Gasteiger partial charge in [0, 0.05) is 12.0 Å². The summed E-state index contributed by atoms with van der Waals surface area (Å²) in [5, 5.41) is 5.16. The van der Waals surface area contributed by atoms with Crippen molar-refractivity contribution in [2.45, 2.75) is 13.3 Å². The molecule has 1 rings (SSSR count). The van der Waals surface area contributed by atoms with Gasteiger partial charge in [-0.2, -0.15) is 0 Å². The van der Waals surface area contributed by atoms with Crippen molar-refractivity contribution in [3.8, 4) is 0 Å². The second-order valence-electron chi connectivity index (χ2n) is 3.00. The summed E-state index contributed by atoms with van der Waals surface area (Å²) in [5.41, 5.74) is 0.586. The van der Waals surface area contributed by atoms with Gasteiger partial charge in [0.1, 0.15) is 0 Å². The van der Waals surface area contributed by atoms with Crippen LogP contribution in [0.3, 0.4) is 0 Å². The maximum absolute atomic E-state index is 11.5. The van der Waals surface area contributed by atoms with Gasteiger partial charge in [-0.1, -0.05) is 25.1 Å². The molecular weight excluding hydrogens is 192 g/mol. The molecule has 1 aromatic carbocycles. The molecule has 2 N–H and O–H groups in total. The molecule has 0 aromatic heterocycles. The molecule has 0 unspecified atom stereocenters. The van der Waals surface area contributed by atoms with Gasteiger partial charge < -0.3 is 10.6 Å². The highest BCUT2D eigenvalue weighted by Gasteiger charge is 2.03. The molecular formula is C11H14N2O2. The van der Waals surface area contributed by atoms with E-state index in [2.05, 4.69) is 10.6 Å². The van der Waals surface area contributed by atoms with E-state index in [1.807, 2.05) is 6.07 Å². The van der Waals surface area contributed by atoms with Crippen molar-refractivity contribution in [3.63, 3.8) is 0 Å². The Labute approximate surface area is 88.7 Å². The number of hydrogen-bond acceptors (Lipinski definition) is 2. The average Bonchev–Trinajstić information content (AvgIpc) is 2.29. The largest absolute Gasteiger partial charge is 0.339 e. The molecule has 1 aromatic rings. The van der Waals surface area contributed by atoms with Crippen LogP contribution in [-0.2, 0) is 4.79 Å². The van der Waals surface area contributed by atoms with Crippen molar-refractivity contribution >= 4 is 11.8 Å². The molecule has 0 saturated carbocycles. The van der Waals surface area contributed by atoms with Crippen LogP contribution < -0.4 is 10.6 Å². The predicted octanol–water partition coefficient (Wildman–Crippen LogP) is 0.900. The third kappa shape index (κ3) is 3.81. The monoisotopic (exact) mass is 206 g/mol. The van der Waals surface area contributed by atoms with Gasteiger partial charge in [0.15, 0.2) is 0 Å². The molecule has 0 bridgehead atoms. The van der Waals surface area contributed by atoms with Crippen molar-refractivity contribution in [2.24, 2.45) is 0 Å². The highest BCUT2D eigenvalue weighted by molar-refractivity contribution is 5.94. The first kappa shape index (κ1) is 11.2. The fraction of sp³-hybridized carbons (Fsp3) is 0.273. The van der Waals surface area contributed by atoms with Gasteiger partial charge in [0.05, 0.1) is 6.67 Å². The van der Waals surface area contributed by atoms with E-state index < -0.39 is 0 Å². The zero-order valence-corrected chi connectivity index (χ0v) is 8.62. The molecule has 15 heavy (non-hydrogen) atoms. The van der Waals surface area contributed by atoms with Crippen LogP contribution in [0.2, 0.25) is 0 Å². The third-order valence-electron chi connectivity index (χ3n) is 1.89. The number of benzene rings is 1. The highest BCUT2D eigenvalue weighted by atomic mass is 16.2. The van der Waals surface area contributed by atoms with E-state index in [9.17, 15) is 9.59 Å². The van der Waals surface area contributed by atoms with Crippen molar-refractivity contribution in [1.29, 1.82) is 0 Å². The second kappa shape index (κ2) is 5.80. The molecule has 4 nitrogen and oxygen atoms in total. The lowest BCUT2D eigenvalue weighted by molar-refractivity contribution is -0.120. The molecule has 0 aliphatic carbocycles. The lowest BCUT2D eigenvalue weighted by Crippen LogP contribution is -2.36. The van der Waals surface area contributed by atoms with E-state index in [-0.39, 0.29) is 18.5 Å². The summed E-state index contributed by atoms with van der Waals surface area (Å²) in [6.07, 6.45) is 0.418. The quantitative estimate of drug-likeness (QED) is 0.719. The Kier molecular flexibility index (Phi) is 4.34. The summed E-state index contributed by atoms with van der Waals surface area (Å²) in [4.78, 5) is 22.3. The number of rotatable bonds is 4. The summed E-state index contributed by atoms with van der Waals surface area (Å²) in [6, 6.07) is 8.86. The van der Waals surface area contributed by atoms with E-state index in [0.717, 1.165) is 0 Å². The first-order valence-corrected chi connectivity index (χ1v) is 4.84. The number of nitrogens with one attached hydrogen (secondary N) is 2. The van der Waals surface area contributed by atoms with Crippen LogP contribution in [0.25, 0.3) is 0 Å². The molecule has 0 fully saturated rings. The fourth-order valence-corrected chi connectivity index (χ4v) is 1.04. The van der Waals surface area contributed by atoms with Crippen LogP contribution in [0.15, 0.2) is 30.3 Å². The van der Waals surface area contributed by atoms with Crippen LogP contribution in [0, 0.1) is 0 Å². The Morgan fingerprint density at radius 1 is 1.13 bits per heavy atom. The van der Waals surface area contributed by atoms with E-state index in [4.69, 9.17) is 0 Å². The molecule has 80 valence electrons. The molecule has 2 amide bonds. The summed E-state index contributed by atoms with van der Waals surface area (Å²) < 4.78 is 0. The van der Waals surface area contributed by atoms with Crippen LogP contribution in [-0.4, -0.2) is 18.5 Å². The van der Waals surface area contributed by atoms with Gasteiger partial charge in [-0.25, -0.2) is 0 Å². The van der Waals surface area contributed by atoms with Gasteiger partial charge in [-0.05, 0) is 12.1 Å². The minimum atomic E-state index is -0.188. The van der Waals surface area contributed by atoms with E-state index >= 15 is 0 Å². The maximum Gasteiger partial charge on any atom is 0.252 e. The van der Waals surface area contributed by atoms with Gasteiger partial charge in [0.25, 0.3) is 5.91 Å². The Morgan fingerprint density at radius 3 is 2.40 bits per heavy atom. The average molecular weight is 206 g/mol. The van der Waals surface area contributed by atoms with Gasteiger partial charge >= 0.3 is 0 Å². The summed E-state index contributed by atoms with van der Waals surface area (Å²) in [5.74, 6) is -0.268. The molecule has 0 saturated heterocycles. The van der Waals surface area contributed by atoms with Crippen molar-refractivity contribution < 1.29 is 9.59 Å². The highest BCUT2D eigenvalue weighted by Crippen LogP contribution is 1.96. The molecule has 0 atom stereocenters. The van der Waals surface area contributed by atoms with Crippen LogP contribution in [0.5, 0.6) is 0 Å². The molecule has 0 aliphatic heterocycles. The molecule has 0 heterocycles. The number of hydrogen-bond donors (Lipinski definition) is 2. The Bertz CT molecular complexity index is 336. The first-order valence-electron chi connectivity index (χ1n) is 4.84. The second-order valence-corrected chi connectivity index (χ2v) is 3.00. The molecule has 0 spiro atoms. The predicted molar refractivity (Wildman–Crippen MR) is 57.2 cm³/mol. The van der Waals surface area contributed by atoms with Gasteiger partial charge in [0.2, 0.25) is 5.91 Å². The van der Waals surface area contributed by atoms with E-state index in [1.165, 1.54) is 0 Å². The lowest BCUT2D eigenvalue weighted by Gasteiger charge is -2.05. The SMILES string of the molecule is CCC(=O)NCNC(=O)c1ccccc1. The van der Waals surface area contributed by atoms with Crippen molar-refractivity contribution in [2.75, 3.05) is 6.67 Å². The third-order valence-corrected chi connectivity index (χ3v) is 1.89. The lowest BCUT2D eigenvalue weighted by atomic mass is 10.2. The zero-order chi connectivity index (χ0) is 11.1. The minimum Gasteiger partial charge on any atom is -0.339 e. The summed E-state index contributed by atoms with van der Waals surface area (Å²) in [7, 11) is 0. The number of carbonyl (C=O) groups is 2. The van der Waals surface area contributed by atoms with Gasteiger partial charge in [-0.15, -0.1) is 0 Å².